The molecule has 3 aromatic rings. The molecule has 0 saturated heterocycles. The lowest BCUT2D eigenvalue weighted by atomic mass is 9.87. The highest BCUT2D eigenvalue weighted by Gasteiger charge is 2.28. The molecule has 0 bridgehead atoms. The summed E-state index contributed by atoms with van der Waals surface area (Å²) in [5, 5.41) is 20.7. The quantitative estimate of drug-likeness (QED) is 0.493. The van der Waals surface area contributed by atoms with Gasteiger partial charge >= 0.3 is 12.0 Å². The zero-order valence-electron chi connectivity index (χ0n) is 20.8. The van der Waals surface area contributed by atoms with Crippen molar-refractivity contribution in [1.29, 1.82) is 0 Å². The maximum absolute atomic E-state index is 12.7. The zero-order valence-corrected chi connectivity index (χ0v) is 20.8. The number of hydrogen-bond acceptors (Lipinski definition) is 6. The fourth-order valence-corrected chi connectivity index (χ4v) is 4.46. The predicted molar refractivity (Wildman–Crippen MR) is 133 cm³/mol. The van der Waals surface area contributed by atoms with Gasteiger partial charge in [-0.3, -0.25) is 4.79 Å². The van der Waals surface area contributed by atoms with Crippen molar-refractivity contribution in [3.63, 3.8) is 0 Å². The van der Waals surface area contributed by atoms with Crippen LogP contribution in [0.3, 0.4) is 0 Å². The number of carboxylic acids is 1. The minimum absolute atomic E-state index is 0.138. The molecular weight excluding hydrogens is 460 g/mol. The number of urea groups is 1. The van der Waals surface area contributed by atoms with Gasteiger partial charge in [0.05, 0.1) is 35.6 Å². The van der Waals surface area contributed by atoms with E-state index in [0.717, 1.165) is 24.1 Å². The number of benzene rings is 1. The van der Waals surface area contributed by atoms with Gasteiger partial charge in [-0.1, -0.05) is 35.5 Å². The fourth-order valence-electron chi connectivity index (χ4n) is 4.46. The van der Waals surface area contributed by atoms with Gasteiger partial charge in [0.2, 0.25) is 0 Å². The van der Waals surface area contributed by atoms with Crippen molar-refractivity contribution >= 4 is 12.0 Å². The van der Waals surface area contributed by atoms with Crippen molar-refractivity contribution in [2.75, 3.05) is 7.05 Å². The van der Waals surface area contributed by atoms with Crippen LogP contribution in [0, 0.1) is 12.8 Å². The maximum Gasteiger partial charge on any atom is 0.317 e. The fraction of sp³-hybridized carbons (Fsp3) is 0.423. The molecule has 0 spiro atoms. The molecule has 2 amide bonds. The Hall–Kier alpha value is -3.95. The van der Waals surface area contributed by atoms with Crippen LogP contribution in [0.1, 0.15) is 42.6 Å². The largest absolute Gasteiger partial charge is 0.489 e. The summed E-state index contributed by atoms with van der Waals surface area (Å²) < 4.78 is 7.74. The molecule has 190 valence electrons. The Labute approximate surface area is 210 Å². The number of carboxylic acid groups (broad SMARTS) is 1. The van der Waals surface area contributed by atoms with Crippen molar-refractivity contribution < 1.29 is 19.4 Å². The number of amides is 2. The van der Waals surface area contributed by atoms with E-state index in [1.165, 1.54) is 0 Å². The van der Waals surface area contributed by atoms with Crippen LogP contribution in [0.4, 0.5) is 4.79 Å². The summed E-state index contributed by atoms with van der Waals surface area (Å²) in [6, 6.07) is 13.2. The molecule has 2 heterocycles. The summed E-state index contributed by atoms with van der Waals surface area (Å²) >= 11 is 0. The average molecular weight is 493 g/mol. The topological polar surface area (TPSA) is 122 Å². The molecule has 1 aromatic carbocycles. The van der Waals surface area contributed by atoms with Crippen LogP contribution in [0.15, 0.2) is 42.5 Å². The Balaban J connectivity index is 1.41. The highest BCUT2D eigenvalue weighted by molar-refractivity contribution is 5.74. The molecule has 0 unspecified atom stereocenters. The molecule has 4 rings (SSSR count). The molecule has 2 N–H and O–H groups in total. The summed E-state index contributed by atoms with van der Waals surface area (Å²) in [4.78, 5) is 30.3. The van der Waals surface area contributed by atoms with Crippen LogP contribution >= 0.6 is 0 Å². The summed E-state index contributed by atoms with van der Waals surface area (Å²) in [6.07, 6.45) is 2.73. The highest BCUT2D eigenvalue weighted by Crippen LogP contribution is 2.30. The van der Waals surface area contributed by atoms with E-state index >= 15 is 0 Å². The van der Waals surface area contributed by atoms with Gasteiger partial charge in [0.25, 0.3) is 0 Å². The Morgan fingerprint density at radius 3 is 2.69 bits per heavy atom. The second-order valence-electron chi connectivity index (χ2n) is 9.23. The van der Waals surface area contributed by atoms with Crippen LogP contribution in [0.2, 0.25) is 0 Å². The van der Waals surface area contributed by atoms with Gasteiger partial charge in [-0.25, -0.2) is 14.5 Å². The molecule has 36 heavy (non-hydrogen) atoms. The van der Waals surface area contributed by atoms with Gasteiger partial charge < -0.3 is 20.1 Å². The van der Waals surface area contributed by atoms with E-state index in [4.69, 9.17) is 4.74 Å². The standard InChI is InChI=1S/C26H32N6O4/c1-17-23(36-20-11-7-10-19(14-20)25(33)34)13-12-21(28-17)24-22(32(3)30-29-24)15-27-26(35)31(2)16-18-8-5-4-6-9-18/h4-6,8-9,12-13,19-20H,7,10-11,14-16H2,1-3H3,(H,27,35)(H,33,34)/t19-,20-/m0/s1. The highest BCUT2D eigenvalue weighted by atomic mass is 16.5. The monoisotopic (exact) mass is 492 g/mol. The minimum Gasteiger partial charge on any atom is -0.489 e. The predicted octanol–water partition coefficient (Wildman–Crippen LogP) is 3.55. The number of rotatable bonds is 8. The molecule has 10 nitrogen and oxygen atoms in total. The number of hydrogen-bond donors (Lipinski definition) is 2. The van der Waals surface area contributed by atoms with E-state index in [-0.39, 0.29) is 24.6 Å². The lowest BCUT2D eigenvalue weighted by molar-refractivity contribution is -0.143. The van der Waals surface area contributed by atoms with Crippen molar-refractivity contribution in [3.8, 4) is 17.1 Å². The van der Waals surface area contributed by atoms with E-state index in [9.17, 15) is 14.7 Å². The number of ether oxygens (including phenoxy) is 1. The molecule has 0 aliphatic heterocycles. The van der Waals surface area contributed by atoms with Crippen molar-refractivity contribution in [3.05, 3.63) is 59.4 Å². The first-order valence-corrected chi connectivity index (χ1v) is 12.1. The lowest BCUT2D eigenvalue weighted by Gasteiger charge is -2.27. The Morgan fingerprint density at radius 1 is 1.19 bits per heavy atom. The Bertz CT molecular complexity index is 1210. The molecule has 10 heteroatoms. The van der Waals surface area contributed by atoms with E-state index < -0.39 is 5.97 Å². The molecule has 1 aliphatic carbocycles. The van der Waals surface area contributed by atoms with Crippen LogP contribution in [-0.4, -0.2) is 55.1 Å². The third-order valence-corrected chi connectivity index (χ3v) is 6.51. The minimum atomic E-state index is -0.762. The van der Waals surface area contributed by atoms with E-state index in [0.29, 0.717) is 42.2 Å². The van der Waals surface area contributed by atoms with E-state index in [2.05, 4.69) is 20.6 Å². The van der Waals surface area contributed by atoms with Crippen LogP contribution < -0.4 is 10.1 Å². The maximum atomic E-state index is 12.7. The molecular formula is C26H32N6O4. The molecule has 1 saturated carbocycles. The molecule has 2 atom stereocenters. The number of carbonyl (C=O) groups is 2. The Kier molecular flexibility index (Phi) is 7.82. The van der Waals surface area contributed by atoms with Gasteiger partial charge in [0.1, 0.15) is 11.4 Å². The summed E-state index contributed by atoms with van der Waals surface area (Å²) in [7, 11) is 3.53. The summed E-state index contributed by atoms with van der Waals surface area (Å²) in [6.45, 7) is 2.60. The molecule has 2 aromatic heterocycles. The second-order valence-corrected chi connectivity index (χ2v) is 9.23. The molecule has 1 fully saturated rings. The van der Waals surface area contributed by atoms with Crippen LogP contribution in [0.25, 0.3) is 11.4 Å². The van der Waals surface area contributed by atoms with E-state index in [1.54, 1.807) is 23.7 Å². The first kappa shape index (κ1) is 25.2. The molecule has 1 aliphatic rings. The third kappa shape index (κ3) is 5.99. The van der Waals surface area contributed by atoms with Crippen molar-refractivity contribution in [2.45, 2.75) is 51.8 Å². The van der Waals surface area contributed by atoms with Crippen LogP contribution in [-0.2, 0) is 24.9 Å². The average Bonchev–Trinajstić information content (AvgIpc) is 3.24. The summed E-state index contributed by atoms with van der Waals surface area (Å²) in [5.41, 5.74) is 3.68. The van der Waals surface area contributed by atoms with Gasteiger partial charge in [-0.15, -0.1) is 5.10 Å². The van der Waals surface area contributed by atoms with Gasteiger partial charge in [-0.05, 0) is 50.3 Å². The number of carbonyl (C=O) groups excluding carboxylic acids is 1. The number of aryl methyl sites for hydroxylation is 2. The van der Waals surface area contributed by atoms with Gasteiger partial charge in [-0.2, -0.15) is 0 Å². The Morgan fingerprint density at radius 2 is 1.97 bits per heavy atom. The summed E-state index contributed by atoms with van der Waals surface area (Å²) in [5.74, 6) is -0.488. The lowest BCUT2D eigenvalue weighted by Crippen LogP contribution is -2.36. The number of aliphatic carboxylic acids is 1. The molecule has 0 radical (unpaired) electrons. The second kappa shape index (κ2) is 11.2. The zero-order chi connectivity index (χ0) is 25.7. The van der Waals surface area contributed by atoms with Crippen molar-refractivity contribution in [2.24, 2.45) is 13.0 Å². The van der Waals surface area contributed by atoms with E-state index in [1.807, 2.05) is 49.4 Å². The smallest absolute Gasteiger partial charge is 0.317 e. The van der Waals surface area contributed by atoms with Gasteiger partial charge in [0.15, 0.2) is 0 Å². The number of aromatic nitrogens is 4. The van der Waals surface area contributed by atoms with Crippen LogP contribution in [0.5, 0.6) is 5.75 Å². The van der Waals surface area contributed by atoms with Crippen molar-refractivity contribution in [1.82, 2.24) is 30.2 Å². The SMILES string of the molecule is Cc1nc(-c2nnn(C)c2CNC(=O)N(C)Cc2ccccc2)ccc1O[C@H]1CCC[C@H](C(=O)O)C1. The first-order chi connectivity index (χ1) is 17.3. The normalized spacial score (nSPS) is 17.4. The first-order valence-electron chi connectivity index (χ1n) is 12.1. The number of nitrogens with zero attached hydrogens (tertiary/aromatic N) is 5. The third-order valence-electron chi connectivity index (χ3n) is 6.51. The number of nitrogens with one attached hydrogen (secondary N) is 1. The number of pyridine rings is 1. The van der Waals surface area contributed by atoms with Gasteiger partial charge in [0, 0.05) is 20.6 Å².